The van der Waals surface area contributed by atoms with Gasteiger partial charge in [-0.15, -0.1) is 0 Å². The summed E-state index contributed by atoms with van der Waals surface area (Å²) in [6, 6.07) is 13.2. The molecule has 30 heavy (non-hydrogen) atoms. The molecule has 0 saturated carbocycles. The summed E-state index contributed by atoms with van der Waals surface area (Å²) in [7, 11) is 3.15. The summed E-state index contributed by atoms with van der Waals surface area (Å²) in [5, 5.41) is 9.57. The van der Waals surface area contributed by atoms with Crippen LogP contribution < -0.4 is 9.47 Å². The first-order valence-corrected chi connectivity index (χ1v) is 9.63. The molecule has 1 aliphatic rings. The van der Waals surface area contributed by atoms with Crippen molar-refractivity contribution in [3.63, 3.8) is 0 Å². The number of ether oxygens (including phenoxy) is 2. The van der Waals surface area contributed by atoms with E-state index in [-0.39, 0.29) is 11.7 Å². The number of rotatable bonds is 6. The molecule has 1 saturated heterocycles. The molecule has 0 radical (unpaired) electrons. The Morgan fingerprint density at radius 2 is 1.67 bits per heavy atom. The van der Waals surface area contributed by atoms with Crippen LogP contribution in [0.3, 0.4) is 0 Å². The van der Waals surface area contributed by atoms with Crippen molar-refractivity contribution in [1.82, 2.24) is 9.80 Å². The number of benzene rings is 2. The van der Waals surface area contributed by atoms with Crippen molar-refractivity contribution in [3.8, 4) is 17.6 Å². The summed E-state index contributed by atoms with van der Waals surface area (Å²) in [6.45, 7) is 2.18. The molecule has 0 aliphatic carbocycles. The Hall–Kier alpha value is -3.37. The zero-order chi connectivity index (χ0) is 21.5. The van der Waals surface area contributed by atoms with E-state index in [1.165, 1.54) is 18.2 Å². The fourth-order valence-electron chi connectivity index (χ4n) is 3.41. The van der Waals surface area contributed by atoms with Crippen LogP contribution in [0, 0.1) is 17.1 Å². The first kappa shape index (κ1) is 21.3. The molecule has 2 aromatic rings. The van der Waals surface area contributed by atoms with Crippen molar-refractivity contribution in [1.29, 1.82) is 5.26 Å². The van der Waals surface area contributed by atoms with Gasteiger partial charge < -0.3 is 14.4 Å². The highest BCUT2D eigenvalue weighted by Gasteiger charge is 2.26. The molecule has 156 valence electrons. The van der Waals surface area contributed by atoms with Gasteiger partial charge in [0.05, 0.1) is 20.3 Å². The Morgan fingerprint density at radius 3 is 2.20 bits per heavy atom. The molecule has 2 aromatic carbocycles. The maximum Gasteiger partial charge on any atom is 0.246 e. The number of nitriles is 1. The van der Waals surface area contributed by atoms with Gasteiger partial charge in [0, 0.05) is 38.3 Å². The van der Waals surface area contributed by atoms with Crippen LogP contribution in [0.2, 0.25) is 0 Å². The maximum atomic E-state index is 13.2. The third kappa shape index (κ3) is 5.16. The van der Waals surface area contributed by atoms with Crippen molar-refractivity contribution in [2.24, 2.45) is 0 Å². The van der Waals surface area contributed by atoms with E-state index in [4.69, 9.17) is 9.47 Å². The number of carbonyl (C=O) groups excluding carboxylic acids is 1. The third-order valence-electron chi connectivity index (χ3n) is 5.09. The van der Waals surface area contributed by atoms with Gasteiger partial charge in [-0.05, 0) is 41.5 Å². The molecule has 1 fully saturated rings. The lowest BCUT2D eigenvalue weighted by atomic mass is 10.1. The maximum absolute atomic E-state index is 13.2. The van der Waals surface area contributed by atoms with Crippen LogP contribution in [0.4, 0.5) is 4.39 Å². The van der Waals surface area contributed by atoms with E-state index in [1.807, 2.05) is 17.0 Å². The summed E-state index contributed by atoms with van der Waals surface area (Å²) < 4.78 is 23.6. The average Bonchev–Trinajstić information content (AvgIpc) is 2.79. The smallest absolute Gasteiger partial charge is 0.246 e. The lowest BCUT2D eigenvalue weighted by molar-refractivity contribution is -0.127. The minimum Gasteiger partial charge on any atom is -0.497 e. The van der Waals surface area contributed by atoms with Crippen LogP contribution in [0.1, 0.15) is 17.2 Å². The van der Waals surface area contributed by atoms with Gasteiger partial charge in [-0.3, -0.25) is 9.69 Å². The van der Waals surface area contributed by atoms with E-state index in [9.17, 15) is 14.4 Å². The van der Waals surface area contributed by atoms with Gasteiger partial charge in [0.15, 0.2) is 0 Å². The van der Waals surface area contributed by atoms with Crippen LogP contribution in [-0.4, -0.2) is 56.1 Å². The number of halogens is 1. The molecule has 0 N–H and O–H groups in total. The van der Waals surface area contributed by atoms with Gasteiger partial charge in [0.25, 0.3) is 0 Å². The largest absolute Gasteiger partial charge is 0.497 e. The Balaban J connectivity index is 1.60. The predicted octanol–water partition coefficient (Wildman–Crippen LogP) is 3.27. The second-order valence-corrected chi connectivity index (χ2v) is 6.92. The molecule has 1 unspecified atom stereocenters. The van der Waals surface area contributed by atoms with Crippen LogP contribution in [-0.2, 0) is 4.79 Å². The summed E-state index contributed by atoms with van der Waals surface area (Å²) in [4.78, 5) is 16.3. The molecule has 3 rings (SSSR count). The van der Waals surface area contributed by atoms with Crippen molar-refractivity contribution >= 4 is 12.0 Å². The highest BCUT2D eigenvalue weighted by atomic mass is 19.1. The van der Waals surface area contributed by atoms with E-state index in [0.717, 1.165) is 11.1 Å². The topological polar surface area (TPSA) is 65.8 Å². The quantitative estimate of drug-likeness (QED) is 0.685. The summed E-state index contributed by atoms with van der Waals surface area (Å²) >= 11 is 0. The van der Waals surface area contributed by atoms with Crippen molar-refractivity contribution in [3.05, 3.63) is 65.5 Å². The summed E-state index contributed by atoms with van der Waals surface area (Å²) in [6.07, 6.45) is 3.27. The van der Waals surface area contributed by atoms with Gasteiger partial charge in [0.1, 0.15) is 23.4 Å². The average molecular weight is 409 g/mol. The Kier molecular flexibility index (Phi) is 7.04. The van der Waals surface area contributed by atoms with Crippen LogP contribution >= 0.6 is 0 Å². The first-order valence-electron chi connectivity index (χ1n) is 9.63. The Bertz CT molecular complexity index is 923. The van der Waals surface area contributed by atoms with E-state index < -0.39 is 6.04 Å². The molecule has 1 heterocycles. The first-order chi connectivity index (χ1) is 14.5. The van der Waals surface area contributed by atoms with Gasteiger partial charge in [-0.1, -0.05) is 12.1 Å². The second kappa shape index (κ2) is 9.90. The van der Waals surface area contributed by atoms with Crippen LogP contribution in [0.15, 0.2) is 48.5 Å². The van der Waals surface area contributed by atoms with E-state index in [0.29, 0.717) is 37.7 Å². The molecule has 6 nitrogen and oxygen atoms in total. The lowest BCUT2D eigenvalue weighted by Crippen LogP contribution is -2.49. The normalized spacial score (nSPS) is 15.6. The number of methoxy groups -OCH3 is 2. The fourth-order valence-corrected chi connectivity index (χ4v) is 3.41. The molecule has 0 bridgehead atoms. The van der Waals surface area contributed by atoms with Crippen LogP contribution in [0.25, 0.3) is 6.08 Å². The number of carbonyl (C=O) groups is 1. The molecule has 1 aliphatic heterocycles. The number of nitrogens with zero attached hydrogens (tertiary/aromatic N) is 3. The second-order valence-electron chi connectivity index (χ2n) is 6.92. The molecule has 0 aromatic heterocycles. The minimum atomic E-state index is -0.456. The van der Waals surface area contributed by atoms with Crippen LogP contribution in [0.5, 0.6) is 11.5 Å². The zero-order valence-electron chi connectivity index (χ0n) is 17.0. The summed E-state index contributed by atoms with van der Waals surface area (Å²) in [5.41, 5.74) is 1.56. The van der Waals surface area contributed by atoms with E-state index >= 15 is 0 Å². The highest BCUT2D eigenvalue weighted by Crippen LogP contribution is 2.24. The van der Waals surface area contributed by atoms with Crippen molar-refractivity contribution in [2.75, 3.05) is 40.4 Å². The zero-order valence-corrected chi connectivity index (χ0v) is 17.0. The van der Waals surface area contributed by atoms with Gasteiger partial charge in [-0.2, -0.15) is 5.26 Å². The molecular formula is C23H24FN3O3. The van der Waals surface area contributed by atoms with Crippen molar-refractivity contribution < 1.29 is 18.7 Å². The number of piperazine rings is 1. The van der Waals surface area contributed by atoms with E-state index in [1.54, 1.807) is 43.4 Å². The minimum absolute atomic E-state index is 0.0910. The predicted molar refractivity (Wildman–Crippen MR) is 111 cm³/mol. The Morgan fingerprint density at radius 1 is 1.07 bits per heavy atom. The van der Waals surface area contributed by atoms with Gasteiger partial charge in [-0.25, -0.2) is 4.39 Å². The monoisotopic (exact) mass is 409 g/mol. The van der Waals surface area contributed by atoms with Crippen molar-refractivity contribution in [2.45, 2.75) is 6.04 Å². The van der Waals surface area contributed by atoms with Gasteiger partial charge in [0.2, 0.25) is 5.91 Å². The Labute approximate surface area is 175 Å². The summed E-state index contributed by atoms with van der Waals surface area (Å²) in [5.74, 6) is 0.884. The number of hydrogen-bond donors (Lipinski definition) is 0. The highest BCUT2D eigenvalue weighted by molar-refractivity contribution is 5.92. The molecule has 1 atom stereocenters. The van der Waals surface area contributed by atoms with E-state index in [2.05, 4.69) is 6.07 Å². The molecule has 7 heteroatoms. The van der Waals surface area contributed by atoms with Gasteiger partial charge >= 0.3 is 0 Å². The molecule has 0 spiro atoms. The standard InChI is InChI=1S/C23H24FN3O3/c1-29-20-13-17(14-21(15-20)30-2)3-8-23(28)27-11-9-26(10-12-27)22(16-25)18-4-6-19(24)7-5-18/h3-8,13-15,22H,9-12H2,1-2H3. The number of amides is 1. The molecule has 1 amide bonds. The lowest BCUT2D eigenvalue weighted by Gasteiger charge is -2.36. The SMILES string of the molecule is COc1cc(C=CC(=O)N2CCN(C(C#N)c3ccc(F)cc3)CC2)cc(OC)c1. The fraction of sp³-hybridized carbons (Fsp3) is 0.304. The molecular weight excluding hydrogens is 385 g/mol. The number of hydrogen-bond acceptors (Lipinski definition) is 5. The third-order valence-corrected chi connectivity index (χ3v) is 5.09.